The van der Waals surface area contributed by atoms with Crippen molar-refractivity contribution >= 4 is 17.7 Å². The molecule has 0 saturated heterocycles. The van der Waals surface area contributed by atoms with E-state index in [0.717, 1.165) is 0 Å². The first kappa shape index (κ1) is 15.9. The average molecular weight is 305 g/mol. The zero-order valence-electron chi connectivity index (χ0n) is 13.0. The van der Waals surface area contributed by atoms with Crippen LogP contribution in [0.2, 0.25) is 0 Å². The van der Waals surface area contributed by atoms with Crippen molar-refractivity contribution in [3.8, 4) is 5.75 Å². The van der Waals surface area contributed by atoms with Gasteiger partial charge in [-0.15, -0.1) is 0 Å². The number of amidine groups is 1. The lowest BCUT2D eigenvalue weighted by molar-refractivity contribution is -0.124. The van der Waals surface area contributed by atoms with Crippen molar-refractivity contribution in [2.24, 2.45) is 10.9 Å². The molecule has 1 amide bonds. The Hall–Kier alpha value is -2.44. The van der Waals surface area contributed by atoms with Gasteiger partial charge in [0, 0.05) is 0 Å². The van der Waals surface area contributed by atoms with Crippen molar-refractivity contribution in [2.45, 2.75) is 33.2 Å². The highest BCUT2D eigenvalue weighted by atomic mass is 16.5. The van der Waals surface area contributed by atoms with E-state index >= 15 is 0 Å². The molecule has 0 spiro atoms. The zero-order valence-corrected chi connectivity index (χ0v) is 13.0. The molecule has 2 rings (SSSR count). The normalized spacial score (nSPS) is 20.8. The van der Waals surface area contributed by atoms with E-state index in [-0.39, 0.29) is 28.9 Å². The molecule has 0 saturated carbocycles. The highest BCUT2D eigenvalue weighted by Crippen LogP contribution is 2.27. The fraction of sp³-hybridized carbons (Fsp3) is 0.467. The molecule has 1 atom stereocenters. The van der Waals surface area contributed by atoms with Gasteiger partial charge in [-0.05, 0) is 25.8 Å². The number of carboxylic acids is 1. The minimum Gasteiger partial charge on any atom is -0.492 e. The number of carboxylic acid groups (broad SMARTS) is 1. The van der Waals surface area contributed by atoms with Crippen LogP contribution in [-0.2, 0) is 4.79 Å². The minimum atomic E-state index is -1.15. The quantitative estimate of drug-likeness (QED) is 0.858. The van der Waals surface area contributed by atoms with Crippen molar-refractivity contribution in [2.75, 3.05) is 6.61 Å². The van der Waals surface area contributed by atoms with Gasteiger partial charge in [0.25, 0.3) is 5.91 Å². The van der Waals surface area contributed by atoms with Gasteiger partial charge in [-0.25, -0.2) is 14.8 Å². The number of carbonyl (C=O) groups is 2. The first-order chi connectivity index (χ1) is 10.3. The van der Waals surface area contributed by atoms with Crippen LogP contribution in [0, 0.1) is 5.92 Å². The molecule has 0 aromatic carbocycles. The number of rotatable bonds is 5. The Labute approximate surface area is 128 Å². The molecule has 22 heavy (non-hydrogen) atoms. The van der Waals surface area contributed by atoms with E-state index in [1.54, 1.807) is 13.8 Å². The van der Waals surface area contributed by atoms with E-state index < -0.39 is 11.5 Å². The molecule has 0 radical (unpaired) electrons. The Morgan fingerprint density at radius 2 is 2.18 bits per heavy atom. The van der Waals surface area contributed by atoms with Crippen molar-refractivity contribution in [3.63, 3.8) is 0 Å². The van der Waals surface area contributed by atoms with E-state index in [1.807, 2.05) is 13.8 Å². The molecular formula is C15H19N3O4. The Morgan fingerprint density at radius 1 is 1.50 bits per heavy atom. The number of carbonyl (C=O) groups excluding carboxylic acids is 1. The second-order valence-electron chi connectivity index (χ2n) is 5.52. The first-order valence-corrected chi connectivity index (χ1v) is 7.07. The van der Waals surface area contributed by atoms with Crippen molar-refractivity contribution in [3.05, 3.63) is 23.5 Å². The average Bonchev–Trinajstić information content (AvgIpc) is 2.76. The molecule has 0 aliphatic carbocycles. The summed E-state index contributed by atoms with van der Waals surface area (Å²) in [5.74, 6) is -0.897. The molecule has 0 bridgehead atoms. The summed E-state index contributed by atoms with van der Waals surface area (Å²) < 4.78 is 5.26. The van der Waals surface area contributed by atoms with E-state index in [0.29, 0.717) is 12.4 Å². The van der Waals surface area contributed by atoms with Gasteiger partial charge in [-0.2, -0.15) is 0 Å². The molecular weight excluding hydrogens is 286 g/mol. The number of nitrogens with zero attached hydrogens (tertiary/aromatic N) is 2. The molecule has 1 aromatic rings. The number of pyridine rings is 1. The van der Waals surface area contributed by atoms with Crippen LogP contribution in [0.3, 0.4) is 0 Å². The molecule has 7 heteroatoms. The number of aliphatic imine (C=N–C) groups is 1. The lowest BCUT2D eigenvalue weighted by atomic mass is 9.89. The van der Waals surface area contributed by atoms with Crippen LogP contribution in [0.1, 0.15) is 43.7 Å². The van der Waals surface area contributed by atoms with Crippen molar-refractivity contribution in [1.29, 1.82) is 0 Å². The van der Waals surface area contributed by atoms with E-state index in [2.05, 4.69) is 15.3 Å². The third-order valence-electron chi connectivity index (χ3n) is 3.79. The summed E-state index contributed by atoms with van der Waals surface area (Å²) in [6.07, 6.45) is 1.42. The lowest BCUT2D eigenvalue weighted by Crippen LogP contribution is -2.41. The van der Waals surface area contributed by atoms with E-state index in [9.17, 15) is 14.7 Å². The summed E-state index contributed by atoms with van der Waals surface area (Å²) in [5.41, 5.74) is -0.850. The van der Waals surface area contributed by atoms with Crippen molar-refractivity contribution < 1.29 is 19.4 Å². The number of amides is 1. The highest BCUT2D eigenvalue weighted by molar-refractivity contribution is 6.17. The fourth-order valence-corrected chi connectivity index (χ4v) is 2.09. The summed E-state index contributed by atoms with van der Waals surface area (Å²) in [7, 11) is 0. The summed E-state index contributed by atoms with van der Waals surface area (Å²) in [6, 6.07) is 1.38. The van der Waals surface area contributed by atoms with Crippen LogP contribution in [0.25, 0.3) is 0 Å². The summed E-state index contributed by atoms with van der Waals surface area (Å²) in [4.78, 5) is 32.1. The standard InChI is InChI=1S/C15H19N3O4/c1-5-22-9-6-10(13(19)20)11(16-7-9)12-17-14(21)15(4,18-12)8(2)3/h6-8H,5H2,1-4H3,(H,19,20)(H,17,18,21). The van der Waals surface area contributed by atoms with E-state index in [4.69, 9.17) is 4.74 Å². The largest absolute Gasteiger partial charge is 0.492 e. The third-order valence-corrected chi connectivity index (χ3v) is 3.79. The second kappa shape index (κ2) is 5.75. The van der Waals surface area contributed by atoms with Crippen LogP contribution in [-0.4, -0.2) is 39.9 Å². The molecule has 118 valence electrons. The molecule has 1 unspecified atom stereocenters. The van der Waals surface area contributed by atoms with Gasteiger partial charge >= 0.3 is 5.97 Å². The number of aromatic nitrogens is 1. The SMILES string of the molecule is CCOc1cnc(C2=NC(C)(C(C)C)C(=O)N2)c(C(=O)O)c1. The number of aromatic carboxylic acids is 1. The smallest absolute Gasteiger partial charge is 0.338 e. The summed E-state index contributed by atoms with van der Waals surface area (Å²) in [6.45, 7) is 7.69. The minimum absolute atomic E-state index is 0.0269. The molecule has 7 nitrogen and oxygen atoms in total. The van der Waals surface area contributed by atoms with Crippen molar-refractivity contribution in [1.82, 2.24) is 10.3 Å². The van der Waals surface area contributed by atoms with Gasteiger partial charge in [0.15, 0.2) is 5.84 Å². The predicted molar refractivity (Wildman–Crippen MR) is 80.3 cm³/mol. The number of ether oxygens (including phenoxy) is 1. The van der Waals surface area contributed by atoms with Gasteiger partial charge in [0.2, 0.25) is 0 Å². The van der Waals surface area contributed by atoms with Crippen LogP contribution < -0.4 is 10.1 Å². The molecule has 2 heterocycles. The predicted octanol–water partition coefficient (Wildman–Crippen LogP) is 1.47. The Bertz CT molecular complexity index is 654. The zero-order chi connectivity index (χ0) is 16.5. The summed E-state index contributed by atoms with van der Waals surface area (Å²) >= 11 is 0. The molecule has 0 fully saturated rings. The van der Waals surface area contributed by atoms with E-state index in [1.165, 1.54) is 12.3 Å². The van der Waals surface area contributed by atoms with Crippen LogP contribution >= 0.6 is 0 Å². The Kier molecular flexibility index (Phi) is 4.16. The number of hydrogen-bond donors (Lipinski definition) is 2. The van der Waals surface area contributed by atoms with Gasteiger partial charge < -0.3 is 15.2 Å². The molecule has 1 aliphatic heterocycles. The molecule has 2 N–H and O–H groups in total. The highest BCUT2D eigenvalue weighted by Gasteiger charge is 2.43. The third kappa shape index (κ3) is 2.66. The fourth-order valence-electron chi connectivity index (χ4n) is 2.09. The molecule has 1 aromatic heterocycles. The Morgan fingerprint density at radius 3 is 2.68 bits per heavy atom. The van der Waals surface area contributed by atoms with Crippen LogP contribution in [0.15, 0.2) is 17.3 Å². The topological polar surface area (TPSA) is 101 Å². The number of hydrogen-bond acceptors (Lipinski definition) is 5. The van der Waals surface area contributed by atoms with Gasteiger partial charge in [0.05, 0.1) is 18.4 Å². The van der Waals surface area contributed by atoms with Crippen LogP contribution in [0.5, 0.6) is 5.75 Å². The maximum absolute atomic E-state index is 12.1. The maximum Gasteiger partial charge on any atom is 0.338 e. The Balaban J connectivity index is 2.49. The van der Waals surface area contributed by atoms with Gasteiger partial charge in [-0.3, -0.25) is 4.79 Å². The number of nitrogens with one attached hydrogen (secondary N) is 1. The second-order valence-corrected chi connectivity index (χ2v) is 5.52. The van der Waals surface area contributed by atoms with Gasteiger partial charge in [0.1, 0.15) is 17.0 Å². The summed E-state index contributed by atoms with van der Waals surface area (Å²) in [5, 5.41) is 12.0. The first-order valence-electron chi connectivity index (χ1n) is 7.07. The molecule has 1 aliphatic rings. The lowest BCUT2D eigenvalue weighted by Gasteiger charge is -2.21. The maximum atomic E-state index is 12.1. The monoisotopic (exact) mass is 305 g/mol. The van der Waals surface area contributed by atoms with Crippen LogP contribution in [0.4, 0.5) is 0 Å². The van der Waals surface area contributed by atoms with Gasteiger partial charge in [-0.1, -0.05) is 13.8 Å².